The lowest BCUT2D eigenvalue weighted by Gasteiger charge is -2.16. The normalized spacial score (nSPS) is 12.0. The van der Waals surface area contributed by atoms with Crippen molar-refractivity contribution in [2.75, 3.05) is 27.4 Å². The van der Waals surface area contributed by atoms with Crippen LogP contribution in [0, 0.1) is 0 Å². The van der Waals surface area contributed by atoms with E-state index in [1.54, 1.807) is 25.3 Å². The number of ether oxygens (including phenoxy) is 3. The molecule has 0 saturated carbocycles. The van der Waals surface area contributed by atoms with E-state index in [-0.39, 0.29) is 13.2 Å². The van der Waals surface area contributed by atoms with Crippen LogP contribution in [0.25, 0.3) is 0 Å². The second kappa shape index (κ2) is 7.20. The van der Waals surface area contributed by atoms with Crippen LogP contribution in [-0.4, -0.2) is 33.4 Å². The molecule has 0 aromatic heterocycles. The first-order valence-corrected chi connectivity index (χ1v) is 5.70. The minimum atomic E-state index is -0.444. The number of methoxy groups -OCH3 is 2. The molecule has 0 heterocycles. The molecule has 1 aromatic rings. The largest absolute Gasteiger partial charge is 0.496 e. The molecule has 100 valence electrons. The second-order valence-corrected chi connectivity index (χ2v) is 4.02. The lowest BCUT2D eigenvalue weighted by Crippen LogP contribution is -2.21. The van der Waals surface area contributed by atoms with Crippen molar-refractivity contribution in [3.8, 4) is 5.75 Å². The van der Waals surface area contributed by atoms with Crippen LogP contribution in [-0.2, 0) is 14.3 Å². The summed E-state index contributed by atoms with van der Waals surface area (Å²) in [7, 11) is 2.85. The van der Waals surface area contributed by atoms with Crippen LogP contribution in [0.4, 0.5) is 0 Å². The highest BCUT2D eigenvalue weighted by Gasteiger charge is 2.13. The average molecular weight is 274 g/mol. The number of halogens is 1. The Morgan fingerprint density at radius 3 is 2.78 bits per heavy atom. The van der Waals surface area contributed by atoms with E-state index in [9.17, 15) is 4.79 Å². The predicted octanol–water partition coefficient (Wildman–Crippen LogP) is 1.54. The van der Waals surface area contributed by atoms with Crippen molar-refractivity contribution in [1.82, 2.24) is 0 Å². The van der Waals surface area contributed by atoms with Gasteiger partial charge in [0, 0.05) is 10.6 Å². The van der Waals surface area contributed by atoms with Crippen molar-refractivity contribution in [2.45, 2.75) is 6.04 Å². The van der Waals surface area contributed by atoms with Crippen molar-refractivity contribution in [3.63, 3.8) is 0 Å². The summed E-state index contributed by atoms with van der Waals surface area (Å²) in [6, 6.07) is 4.74. The first-order chi connectivity index (χ1) is 8.58. The van der Waals surface area contributed by atoms with Gasteiger partial charge in [0.1, 0.15) is 12.4 Å². The molecular weight excluding hydrogens is 258 g/mol. The maximum Gasteiger partial charge on any atom is 0.331 e. The van der Waals surface area contributed by atoms with Crippen molar-refractivity contribution < 1.29 is 19.0 Å². The number of hydrogen-bond acceptors (Lipinski definition) is 5. The number of hydrogen-bond donors (Lipinski definition) is 1. The molecule has 18 heavy (non-hydrogen) atoms. The van der Waals surface area contributed by atoms with Gasteiger partial charge in [0.15, 0.2) is 0 Å². The Morgan fingerprint density at radius 1 is 1.44 bits per heavy atom. The molecule has 0 saturated heterocycles. The molecule has 0 aliphatic carbocycles. The third-order valence-corrected chi connectivity index (χ3v) is 2.57. The van der Waals surface area contributed by atoms with Crippen molar-refractivity contribution in [2.24, 2.45) is 5.73 Å². The number of carbonyl (C=O) groups excluding carboxylic acids is 1. The van der Waals surface area contributed by atoms with Crippen LogP contribution in [0.3, 0.4) is 0 Å². The fraction of sp³-hybridized carbons (Fsp3) is 0.417. The summed E-state index contributed by atoms with van der Waals surface area (Å²) < 4.78 is 14.8. The molecule has 1 rings (SSSR count). The Hall–Kier alpha value is -1.30. The summed E-state index contributed by atoms with van der Waals surface area (Å²) in [5.41, 5.74) is 6.68. The van der Waals surface area contributed by atoms with Crippen molar-refractivity contribution in [3.05, 3.63) is 28.8 Å². The molecule has 0 bridgehead atoms. The second-order valence-electron chi connectivity index (χ2n) is 3.58. The van der Waals surface area contributed by atoms with E-state index in [1.807, 2.05) is 0 Å². The molecule has 0 fully saturated rings. The van der Waals surface area contributed by atoms with Gasteiger partial charge in [-0.25, -0.2) is 4.79 Å². The van der Waals surface area contributed by atoms with E-state index in [4.69, 9.17) is 26.8 Å². The lowest BCUT2D eigenvalue weighted by atomic mass is 10.1. The third-order valence-electron chi connectivity index (χ3n) is 2.34. The predicted molar refractivity (Wildman–Crippen MR) is 67.8 cm³/mol. The van der Waals surface area contributed by atoms with Gasteiger partial charge in [0.2, 0.25) is 0 Å². The maximum absolute atomic E-state index is 10.9. The smallest absolute Gasteiger partial charge is 0.331 e. The number of rotatable bonds is 6. The number of carbonyl (C=O) groups is 1. The zero-order valence-electron chi connectivity index (χ0n) is 10.3. The summed E-state index contributed by atoms with van der Waals surface area (Å²) in [6.45, 7) is 0.0406. The van der Waals surface area contributed by atoms with Gasteiger partial charge in [-0.2, -0.15) is 0 Å². The highest BCUT2D eigenvalue weighted by molar-refractivity contribution is 6.30. The standard InChI is InChI=1S/C12H16ClNO4/c1-16-11-4-3-8(13)5-9(11)10(14)6-18-7-12(15)17-2/h3-5,10H,6-7,14H2,1-2H3. The minimum absolute atomic E-state index is 0.132. The first kappa shape index (κ1) is 14.8. The molecule has 0 amide bonds. The molecule has 0 radical (unpaired) electrons. The molecule has 1 atom stereocenters. The monoisotopic (exact) mass is 273 g/mol. The Labute approximate surface area is 111 Å². The summed E-state index contributed by atoms with van der Waals surface area (Å²) in [5, 5.41) is 0.564. The Balaban J connectivity index is 2.62. The highest BCUT2D eigenvalue weighted by atomic mass is 35.5. The molecule has 1 unspecified atom stereocenters. The zero-order valence-corrected chi connectivity index (χ0v) is 11.1. The summed E-state index contributed by atoms with van der Waals surface area (Å²) in [5.74, 6) is 0.189. The number of esters is 1. The highest BCUT2D eigenvalue weighted by Crippen LogP contribution is 2.27. The van der Waals surface area contributed by atoms with Crippen LogP contribution in [0.15, 0.2) is 18.2 Å². The van der Waals surface area contributed by atoms with Crippen LogP contribution in [0.2, 0.25) is 5.02 Å². The fourth-order valence-corrected chi connectivity index (χ4v) is 1.59. The van der Waals surface area contributed by atoms with E-state index in [2.05, 4.69) is 4.74 Å². The third kappa shape index (κ3) is 4.18. The molecule has 0 spiro atoms. The fourth-order valence-electron chi connectivity index (χ4n) is 1.41. The summed E-state index contributed by atoms with van der Waals surface area (Å²) in [6.07, 6.45) is 0. The molecule has 6 heteroatoms. The van der Waals surface area contributed by atoms with Crippen LogP contribution in [0.1, 0.15) is 11.6 Å². The van der Waals surface area contributed by atoms with Gasteiger partial charge >= 0.3 is 5.97 Å². The minimum Gasteiger partial charge on any atom is -0.496 e. The topological polar surface area (TPSA) is 70.8 Å². The van der Waals surface area contributed by atoms with E-state index in [0.29, 0.717) is 10.8 Å². The molecule has 2 N–H and O–H groups in total. The van der Waals surface area contributed by atoms with Gasteiger partial charge < -0.3 is 19.9 Å². The molecular formula is C12H16ClNO4. The van der Waals surface area contributed by atoms with E-state index in [1.165, 1.54) is 7.11 Å². The molecule has 0 aliphatic heterocycles. The average Bonchev–Trinajstić information content (AvgIpc) is 2.38. The zero-order chi connectivity index (χ0) is 13.5. The van der Waals surface area contributed by atoms with Gasteiger partial charge in [0.25, 0.3) is 0 Å². The Bertz CT molecular complexity index is 411. The number of nitrogens with two attached hydrogens (primary N) is 1. The maximum atomic E-state index is 10.9. The lowest BCUT2D eigenvalue weighted by molar-refractivity contribution is -0.146. The van der Waals surface area contributed by atoms with Gasteiger partial charge in [-0.3, -0.25) is 0 Å². The van der Waals surface area contributed by atoms with E-state index >= 15 is 0 Å². The first-order valence-electron chi connectivity index (χ1n) is 5.32. The van der Waals surface area contributed by atoms with Gasteiger partial charge in [-0.05, 0) is 18.2 Å². The van der Waals surface area contributed by atoms with Crippen molar-refractivity contribution >= 4 is 17.6 Å². The van der Waals surface area contributed by atoms with E-state index in [0.717, 1.165) is 5.56 Å². The van der Waals surface area contributed by atoms with Gasteiger partial charge in [0.05, 0.1) is 26.9 Å². The molecule has 5 nitrogen and oxygen atoms in total. The number of benzene rings is 1. The summed E-state index contributed by atoms with van der Waals surface area (Å²) >= 11 is 5.90. The van der Waals surface area contributed by atoms with E-state index < -0.39 is 12.0 Å². The van der Waals surface area contributed by atoms with Crippen LogP contribution < -0.4 is 10.5 Å². The van der Waals surface area contributed by atoms with Gasteiger partial charge in [-0.15, -0.1) is 0 Å². The van der Waals surface area contributed by atoms with Crippen LogP contribution >= 0.6 is 11.6 Å². The molecule has 1 aromatic carbocycles. The Kier molecular flexibility index (Phi) is 5.91. The van der Waals surface area contributed by atoms with Crippen LogP contribution in [0.5, 0.6) is 5.75 Å². The SMILES string of the molecule is COC(=O)COCC(N)c1cc(Cl)ccc1OC. The van der Waals surface area contributed by atoms with Crippen molar-refractivity contribution in [1.29, 1.82) is 0 Å². The van der Waals surface area contributed by atoms with Gasteiger partial charge in [-0.1, -0.05) is 11.6 Å². The Morgan fingerprint density at radius 2 is 2.17 bits per heavy atom. The molecule has 0 aliphatic rings. The summed E-state index contributed by atoms with van der Waals surface area (Å²) in [4.78, 5) is 10.9. The quantitative estimate of drug-likeness (QED) is 0.796.